The highest BCUT2D eigenvalue weighted by molar-refractivity contribution is 5.58. The van der Waals surface area contributed by atoms with E-state index in [1.165, 1.54) is 0 Å². The Hall–Kier alpha value is -3.01. The normalized spacial score (nSPS) is 10.8. The fraction of sp³-hybridized carbons (Fsp3) is 0.389. The largest absolute Gasteiger partial charge is 0.370 e. The Balaban J connectivity index is 1.71. The van der Waals surface area contributed by atoms with Crippen molar-refractivity contribution in [1.82, 2.24) is 24.6 Å². The van der Waals surface area contributed by atoms with Crippen LogP contribution in [0.1, 0.15) is 40.6 Å². The van der Waals surface area contributed by atoms with Gasteiger partial charge in [0.1, 0.15) is 23.3 Å². The van der Waals surface area contributed by atoms with Gasteiger partial charge >= 0.3 is 0 Å². The molecule has 25 heavy (non-hydrogen) atoms. The van der Waals surface area contributed by atoms with Crippen molar-refractivity contribution in [3.8, 4) is 6.07 Å². The van der Waals surface area contributed by atoms with E-state index < -0.39 is 0 Å². The smallest absolute Gasteiger partial charge is 0.173 e. The molecule has 0 bridgehead atoms. The fourth-order valence-corrected chi connectivity index (χ4v) is 2.93. The lowest BCUT2D eigenvalue weighted by molar-refractivity contribution is 0.791. The van der Waals surface area contributed by atoms with Gasteiger partial charge in [-0.25, -0.2) is 19.5 Å². The van der Waals surface area contributed by atoms with Crippen molar-refractivity contribution >= 4 is 11.5 Å². The maximum atomic E-state index is 9.51. The third-order valence-corrected chi connectivity index (χ3v) is 3.94. The topological polar surface area (TPSA) is 91.8 Å². The van der Waals surface area contributed by atoms with E-state index in [4.69, 9.17) is 0 Å². The van der Waals surface area contributed by atoms with Crippen LogP contribution in [0, 0.1) is 39.0 Å². The number of aromatic nitrogens is 5. The van der Waals surface area contributed by atoms with Crippen LogP contribution >= 0.6 is 0 Å². The lowest BCUT2D eigenvalue weighted by atomic mass is 10.1. The van der Waals surface area contributed by atoms with Crippen molar-refractivity contribution in [3.63, 3.8) is 0 Å². The molecule has 0 aliphatic carbocycles. The number of nitrogens with zero attached hydrogens (tertiary/aromatic N) is 6. The van der Waals surface area contributed by atoms with Crippen molar-refractivity contribution < 1.29 is 0 Å². The molecule has 0 aliphatic heterocycles. The van der Waals surface area contributed by atoms with Crippen molar-refractivity contribution in [2.75, 3.05) is 11.9 Å². The molecular formula is C18H21N7. The predicted octanol–water partition coefficient (Wildman–Crippen LogP) is 2.67. The number of hydrogen-bond acceptors (Lipinski definition) is 6. The van der Waals surface area contributed by atoms with Crippen LogP contribution in [0.5, 0.6) is 0 Å². The second kappa shape index (κ2) is 6.85. The van der Waals surface area contributed by atoms with E-state index in [9.17, 15) is 5.26 Å². The zero-order valence-electron chi connectivity index (χ0n) is 15.0. The number of rotatable bonds is 5. The van der Waals surface area contributed by atoms with Crippen LogP contribution in [0.2, 0.25) is 0 Å². The van der Waals surface area contributed by atoms with Crippen LogP contribution in [0.4, 0.5) is 5.82 Å². The molecule has 0 spiro atoms. The first-order valence-electron chi connectivity index (χ1n) is 8.30. The van der Waals surface area contributed by atoms with Crippen LogP contribution in [0.25, 0.3) is 5.65 Å². The summed E-state index contributed by atoms with van der Waals surface area (Å²) in [5.41, 5.74) is 4.82. The van der Waals surface area contributed by atoms with Gasteiger partial charge in [0.2, 0.25) is 0 Å². The van der Waals surface area contributed by atoms with Crippen molar-refractivity contribution in [1.29, 1.82) is 5.26 Å². The highest BCUT2D eigenvalue weighted by Gasteiger charge is 2.15. The Labute approximate surface area is 146 Å². The maximum absolute atomic E-state index is 9.51. The predicted molar refractivity (Wildman–Crippen MR) is 95.5 cm³/mol. The summed E-state index contributed by atoms with van der Waals surface area (Å²) in [5.74, 6) is 1.58. The van der Waals surface area contributed by atoms with Crippen molar-refractivity contribution in [3.05, 3.63) is 46.3 Å². The number of anilines is 1. The second-order valence-electron chi connectivity index (χ2n) is 6.18. The zero-order chi connectivity index (χ0) is 18.0. The minimum absolute atomic E-state index is 0.570. The molecule has 0 amide bonds. The highest BCUT2D eigenvalue weighted by Crippen LogP contribution is 2.17. The molecule has 0 aromatic carbocycles. The molecule has 0 fully saturated rings. The standard InChI is InChI=1S/C18H21N7/c1-11-8-13(3)25-18(22-11)15(10-19)16(24-25)6-5-7-20-17-9-12(2)21-14(4)23-17/h8-9H,5-7H2,1-4H3,(H,20,21,23). The van der Waals surface area contributed by atoms with E-state index >= 15 is 0 Å². The molecule has 3 rings (SSSR count). The molecule has 0 aliphatic rings. The van der Waals surface area contributed by atoms with Gasteiger partial charge in [0.25, 0.3) is 0 Å². The van der Waals surface area contributed by atoms with Gasteiger partial charge in [0, 0.05) is 29.7 Å². The Morgan fingerprint density at radius 1 is 1.08 bits per heavy atom. The van der Waals surface area contributed by atoms with E-state index in [1.54, 1.807) is 4.52 Å². The summed E-state index contributed by atoms with van der Waals surface area (Å²) in [6, 6.07) is 6.15. The first-order valence-corrected chi connectivity index (χ1v) is 8.30. The summed E-state index contributed by atoms with van der Waals surface area (Å²) in [7, 11) is 0. The number of fused-ring (bicyclic) bond motifs is 1. The van der Waals surface area contributed by atoms with Crippen LogP contribution < -0.4 is 5.32 Å². The molecule has 3 aromatic heterocycles. The van der Waals surface area contributed by atoms with Gasteiger partial charge in [-0.05, 0) is 46.6 Å². The summed E-state index contributed by atoms with van der Waals surface area (Å²) in [6.07, 6.45) is 1.56. The summed E-state index contributed by atoms with van der Waals surface area (Å²) in [5, 5.41) is 17.4. The molecule has 1 N–H and O–H groups in total. The molecule has 0 unspecified atom stereocenters. The van der Waals surface area contributed by atoms with Gasteiger partial charge in [-0.3, -0.25) is 0 Å². The highest BCUT2D eigenvalue weighted by atomic mass is 15.3. The number of nitriles is 1. The van der Waals surface area contributed by atoms with Gasteiger partial charge in [-0.1, -0.05) is 0 Å². The van der Waals surface area contributed by atoms with Crippen molar-refractivity contribution in [2.45, 2.75) is 40.5 Å². The first kappa shape index (κ1) is 16.8. The van der Waals surface area contributed by atoms with Crippen LogP contribution in [-0.4, -0.2) is 31.1 Å². The lowest BCUT2D eigenvalue weighted by Crippen LogP contribution is -2.07. The van der Waals surface area contributed by atoms with Gasteiger partial charge in [0.05, 0.1) is 5.69 Å². The van der Waals surface area contributed by atoms with Gasteiger partial charge < -0.3 is 5.32 Å². The first-order chi connectivity index (χ1) is 12.0. The lowest BCUT2D eigenvalue weighted by Gasteiger charge is -2.06. The zero-order valence-corrected chi connectivity index (χ0v) is 15.0. The van der Waals surface area contributed by atoms with E-state index in [0.29, 0.717) is 17.6 Å². The van der Waals surface area contributed by atoms with Crippen LogP contribution in [-0.2, 0) is 6.42 Å². The van der Waals surface area contributed by atoms with Crippen LogP contribution in [0.3, 0.4) is 0 Å². The average Bonchev–Trinajstić information content (AvgIpc) is 2.88. The molecule has 128 valence electrons. The Morgan fingerprint density at radius 3 is 2.56 bits per heavy atom. The average molecular weight is 335 g/mol. The molecule has 7 nitrogen and oxygen atoms in total. The van der Waals surface area contributed by atoms with Gasteiger partial charge in [0.15, 0.2) is 5.65 Å². The Morgan fingerprint density at radius 2 is 1.84 bits per heavy atom. The number of aryl methyl sites for hydroxylation is 5. The molecule has 0 saturated heterocycles. The number of nitrogens with one attached hydrogen (secondary N) is 1. The monoisotopic (exact) mass is 335 g/mol. The van der Waals surface area contributed by atoms with Gasteiger partial charge in [-0.2, -0.15) is 10.4 Å². The van der Waals surface area contributed by atoms with E-state index in [2.05, 4.69) is 31.4 Å². The minimum atomic E-state index is 0.570. The Kier molecular flexibility index (Phi) is 4.61. The quantitative estimate of drug-likeness (QED) is 0.721. The number of hydrogen-bond donors (Lipinski definition) is 1. The molecule has 0 atom stereocenters. The molecule has 3 aromatic rings. The molecule has 7 heteroatoms. The summed E-state index contributed by atoms with van der Waals surface area (Å²) in [6.45, 7) is 8.48. The Bertz CT molecular complexity index is 945. The second-order valence-corrected chi connectivity index (χ2v) is 6.18. The fourth-order valence-electron chi connectivity index (χ4n) is 2.93. The maximum Gasteiger partial charge on any atom is 0.173 e. The van der Waals surface area contributed by atoms with Crippen molar-refractivity contribution in [2.24, 2.45) is 0 Å². The summed E-state index contributed by atoms with van der Waals surface area (Å²) < 4.78 is 1.76. The molecular weight excluding hydrogens is 314 g/mol. The molecule has 0 radical (unpaired) electrons. The van der Waals surface area contributed by atoms with Gasteiger partial charge in [-0.15, -0.1) is 0 Å². The van der Waals surface area contributed by atoms with E-state index in [-0.39, 0.29) is 0 Å². The van der Waals surface area contributed by atoms with E-state index in [1.807, 2.05) is 39.8 Å². The summed E-state index contributed by atoms with van der Waals surface area (Å²) >= 11 is 0. The third-order valence-electron chi connectivity index (χ3n) is 3.94. The molecule has 0 saturated carbocycles. The van der Waals surface area contributed by atoms with Crippen LogP contribution in [0.15, 0.2) is 12.1 Å². The summed E-state index contributed by atoms with van der Waals surface area (Å²) in [4.78, 5) is 13.1. The SMILES string of the molecule is Cc1cc(NCCCc2nn3c(C)cc(C)nc3c2C#N)nc(C)n1. The third kappa shape index (κ3) is 3.58. The minimum Gasteiger partial charge on any atom is -0.370 e. The molecule has 3 heterocycles. The van der Waals surface area contributed by atoms with E-state index in [0.717, 1.165) is 47.4 Å².